The van der Waals surface area contributed by atoms with Gasteiger partial charge in [-0.3, -0.25) is 4.90 Å². The third-order valence-electron chi connectivity index (χ3n) is 5.91. The SMILES string of the molecule is CC(C)(C)c1cccc(C2=CC3CCC(C2)N3C(=O)OCc2ccccc2)c1. The molecule has 1 amide bonds. The van der Waals surface area contributed by atoms with E-state index in [4.69, 9.17) is 4.74 Å². The van der Waals surface area contributed by atoms with Crippen LogP contribution in [0, 0.1) is 0 Å². The Morgan fingerprint density at radius 2 is 1.86 bits per heavy atom. The van der Waals surface area contributed by atoms with Gasteiger partial charge in [-0.05, 0) is 46.9 Å². The molecular formula is C25H29NO2. The minimum Gasteiger partial charge on any atom is -0.445 e. The summed E-state index contributed by atoms with van der Waals surface area (Å²) in [5, 5.41) is 0. The van der Waals surface area contributed by atoms with E-state index in [9.17, 15) is 4.79 Å². The van der Waals surface area contributed by atoms with Gasteiger partial charge in [0.2, 0.25) is 0 Å². The van der Waals surface area contributed by atoms with Crippen molar-refractivity contribution in [2.24, 2.45) is 0 Å². The van der Waals surface area contributed by atoms with Gasteiger partial charge in [-0.25, -0.2) is 4.79 Å². The quantitative estimate of drug-likeness (QED) is 0.664. The molecule has 3 nitrogen and oxygen atoms in total. The van der Waals surface area contributed by atoms with Gasteiger partial charge in [0.25, 0.3) is 0 Å². The van der Waals surface area contributed by atoms with E-state index in [1.807, 2.05) is 35.2 Å². The van der Waals surface area contributed by atoms with E-state index in [1.54, 1.807) is 0 Å². The number of carbonyl (C=O) groups excluding carboxylic acids is 1. The summed E-state index contributed by atoms with van der Waals surface area (Å²) in [5.74, 6) is 0. The number of nitrogens with zero attached hydrogens (tertiary/aromatic N) is 1. The van der Waals surface area contributed by atoms with Crippen LogP contribution in [0.5, 0.6) is 0 Å². The van der Waals surface area contributed by atoms with Gasteiger partial charge in [-0.1, -0.05) is 81.4 Å². The Bertz CT molecular complexity index is 879. The number of hydrogen-bond donors (Lipinski definition) is 0. The van der Waals surface area contributed by atoms with Crippen LogP contribution in [0.4, 0.5) is 4.79 Å². The highest BCUT2D eigenvalue weighted by molar-refractivity contribution is 5.75. The number of carbonyl (C=O) groups is 1. The first-order valence-corrected chi connectivity index (χ1v) is 10.2. The van der Waals surface area contributed by atoms with Crippen LogP contribution in [-0.2, 0) is 16.8 Å². The van der Waals surface area contributed by atoms with E-state index in [2.05, 4.69) is 51.1 Å². The third kappa shape index (κ3) is 3.84. The number of amides is 1. The average molecular weight is 376 g/mol. The monoisotopic (exact) mass is 375 g/mol. The van der Waals surface area contributed by atoms with E-state index < -0.39 is 0 Å². The van der Waals surface area contributed by atoms with E-state index in [1.165, 1.54) is 16.7 Å². The van der Waals surface area contributed by atoms with Gasteiger partial charge in [-0.15, -0.1) is 0 Å². The fourth-order valence-electron chi connectivity index (χ4n) is 4.31. The van der Waals surface area contributed by atoms with Crippen LogP contribution in [0.25, 0.3) is 5.57 Å². The molecular weight excluding hydrogens is 346 g/mol. The zero-order chi connectivity index (χ0) is 19.7. The molecule has 3 heteroatoms. The Morgan fingerprint density at radius 1 is 1.07 bits per heavy atom. The molecule has 0 aliphatic carbocycles. The van der Waals surface area contributed by atoms with E-state index in [-0.39, 0.29) is 23.6 Å². The molecule has 1 fully saturated rings. The van der Waals surface area contributed by atoms with Crippen molar-refractivity contribution in [2.75, 3.05) is 0 Å². The Kier molecular flexibility index (Phi) is 5.01. The number of benzene rings is 2. The summed E-state index contributed by atoms with van der Waals surface area (Å²) in [6.45, 7) is 7.07. The number of hydrogen-bond acceptors (Lipinski definition) is 2. The molecule has 1 saturated heterocycles. The van der Waals surface area contributed by atoms with Crippen molar-refractivity contribution < 1.29 is 9.53 Å². The van der Waals surface area contributed by atoms with Gasteiger partial charge in [-0.2, -0.15) is 0 Å². The lowest BCUT2D eigenvalue weighted by molar-refractivity contribution is 0.0832. The summed E-state index contributed by atoms with van der Waals surface area (Å²) < 4.78 is 5.61. The van der Waals surface area contributed by atoms with Crippen LogP contribution in [0.15, 0.2) is 60.7 Å². The minimum absolute atomic E-state index is 0.136. The molecule has 146 valence electrons. The molecule has 0 spiro atoms. The van der Waals surface area contributed by atoms with Crippen LogP contribution in [0.1, 0.15) is 56.7 Å². The molecule has 0 aromatic heterocycles. The predicted octanol–water partition coefficient (Wildman–Crippen LogP) is 5.94. The summed E-state index contributed by atoms with van der Waals surface area (Å²) in [6.07, 6.45) is 5.08. The standard InChI is InChI=1S/C25H29NO2/c1-25(2,3)21-11-7-10-19(14-21)20-15-22-12-13-23(16-20)26(22)24(27)28-17-18-8-5-4-6-9-18/h4-11,14-15,22-23H,12-13,16-17H2,1-3H3. The molecule has 2 aromatic rings. The topological polar surface area (TPSA) is 29.5 Å². The summed E-state index contributed by atoms with van der Waals surface area (Å²) in [5.41, 5.74) is 5.17. The smallest absolute Gasteiger partial charge is 0.410 e. The second-order valence-electron chi connectivity index (χ2n) is 8.97. The van der Waals surface area contributed by atoms with Gasteiger partial charge in [0, 0.05) is 6.04 Å². The summed E-state index contributed by atoms with van der Waals surface area (Å²) in [6, 6.07) is 19.1. The second-order valence-corrected chi connectivity index (χ2v) is 8.97. The van der Waals surface area contributed by atoms with Crippen molar-refractivity contribution in [3.63, 3.8) is 0 Å². The number of rotatable bonds is 3. The molecule has 2 aromatic carbocycles. The molecule has 0 radical (unpaired) electrons. The molecule has 2 unspecified atom stereocenters. The van der Waals surface area contributed by atoms with E-state index >= 15 is 0 Å². The highest BCUT2D eigenvalue weighted by Crippen LogP contribution is 2.39. The zero-order valence-corrected chi connectivity index (χ0v) is 17.0. The molecule has 2 bridgehead atoms. The van der Waals surface area contributed by atoms with E-state index in [0.717, 1.165) is 24.8 Å². The first kappa shape index (κ1) is 18.8. The summed E-state index contributed by atoms with van der Waals surface area (Å²) in [4.78, 5) is 14.7. The molecule has 0 saturated carbocycles. The first-order valence-electron chi connectivity index (χ1n) is 10.2. The van der Waals surface area contributed by atoms with E-state index in [0.29, 0.717) is 6.61 Å². The molecule has 2 heterocycles. The fourth-order valence-corrected chi connectivity index (χ4v) is 4.31. The van der Waals surface area contributed by atoms with Crippen LogP contribution < -0.4 is 0 Å². The fraction of sp³-hybridized carbons (Fsp3) is 0.400. The average Bonchev–Trinajstić information content (AvgIpc) is 2.96. The lowest BCUT2D eigenvalue weighted by atomic mass is 9.84. The maximum absolute atomic E-state index is 12.7. The lowest BCUT2D eigenvalue weighted by Gasteiger charge is -2.33. The summed E-state index contributed by atoms with van der Waals surface area (Å²) in [7, 11) is 0. The Balaban J connectivity index is 1.49. The Hall–Kier alpha value is -2.55. The predicted molar refractivity (Wildman–Crippen MR) is 113 cm³/mol. The van der Waals surface area contributed by atoms with Crippen molar-refractivity contribution >= 4 is 11.7 Å². The van der Waals surface area contributed by atoms with Gasteiger partial charge in [0.05, 0.1) is 6.04 Å². The van der Waals surface area contributed by atoms with Crippen LogP contribution in [0.2, 0.25) is 0 Å². The molecule has 28 heavy (non-hydrogen) atoms. The second kappa shape index (κ2) is 7.46. The molecule has 0 N–H and O–H groups in total. The summed E-state index contributed by atoms with van der Waals surface area (Å²) >= 11 is 0. The largest absolute Gasteiger partial charge is 0.445 e. The Morgan fingerprint density at radius 3 is 2.57 bits per heavy atom. The third-order valence-corrected chi connectivity index (χ3v) is 5.91. The van der Waals surface area contributed by atoms with Crippen LogP contribution in [0.3, 0.4) is 0 Å². The zero-order valence-electron chi connectivity index (χ0n) is 17.0. The van der Waals surface area contributed by atoms with Gasteiger partial charge in [0.15, 0.2) is 0 Å². The molecule has 4 rings (SSSR count). The maximum atomic E-state index is 12.7. The van der Waals surface area contributed by atoms with Gasteiger partial charge >= 0.3 is 6.09 Å². The highest BCUT2D eigenvalue weighted by atomic mass is 16.6. The number of ether oxygens (including phenoxy) is 1. The highest BCUT2D eigenvalue weighted by Gasteiger charge is 2.40. The Labute approximate surface area is 168 Å². The maximum Gasteiger partial charge on any atom is 0.410 e. The lowest BCUT2D eigenvalue weighted by Crippen LogP contribution is -2.43. The van der Waals surface area contributed by atoms with Gasteiger partial charge in [0.1, 0.15) is 6.61 Å². The van der Waals surface area contributed by atoms with Crippen LogP contribution in [-0.4, -0.2) is 23.1 Å². The molecule has 2 aliphatic heterocycles. The minimum atomic E-state index is -0.185. The van der Waals surface area contributed by atoms with Crippen molar-refractivity contribution in [3.8, 4) is 0 Å². The van der Waals surface area contributed by atoms with Crippen molar-refractivity contribution in [3.05, 3.63) is 77.4 Å². The normalized spacial score (nSPS) is 21.4. The molecule has 2 atom stereocenters. The van der Waals surface area contributed by atoms with Crippen LogP contribution >= 0.6 is 0 Å². The molecule has 2 aliphatic rings. The van der Waals surface area contributed by atoms with Crippen molar-refractivity contribution in [2.45, 2.75) is 64.1 Å². The number of fused-ring (bicyclic) bond motifs is 2. The first-order chi connectivity index (χ1) is 13.4. The van der Waals surface area contributed by atoms with Crippen molar-refractivity contribution in [1.82, 2.24) is 4.90 Å². The van der Waals surface area contributed by atoms with Gasteiger partial charge < -0.3 is 4.74 Å². The van der Waals surface area contributed by atoms with Crippen molar-refractivity contribution in [1.29, 1.82) is 0 Å².